The second-order valence-electron chi connectivity index (χ2n) is 7.06. The number of nitrogens with one attached hydrogen (secondary N) is 2. The van der Waals surface area contributed by atoms with Crippen LogP contribution < -0.4 is 14.8 Å². The van der Waals surface area contributed by atoms with Gasteiger partial charge in [-0.15, -0.1) is 0 Å². The number of sulfonamides is 1. The van der Waals surface area contributed by atoms with Crippen LogP contribution in [0.5, 0.6) is 5.75 Å². The minimum atomic E-state index is -3.80. The van der Waals surface area contributed by atoms with E-state index in [0.717, 1.165) is 5.56 Å². The highest BCUT2D eigenvalue weighted by Crippen LogP contribution is 2.18. The van der Waals surface area contributed by atoms with Crippen LogP contribution in [0.15, 0.2) is 53.4 Å². The third-order valence-corrected chi connectivity index (χ3v) is 5.57. The molecule has 1 amide bonds. The van der Waals surface area contributed by atoms with Crippen LogP contribution in [0.4, 0.5) is 5.69 Å². The molecule has 0 aliphatic rings. The number of carbonyl (C=O) groups is 1. The predicted octanol–water partition coefficient (Wildman–Crippen LogP) is 3.73. The molecule has 0 saturated carbocycles. The minimum absolute atomic E-state index is 0.136. The van der Waals surface area contributed by atoms with Crippen molar-refractivity contribution in [3.05, 3.63) is 54.1 Å². The van der Waals surface area contributed by atoms with Gasteiger partial charge in [-0.3, -0.25) is 4.79 Å². The molecular formula is C21H28N2O4S. The Morgan fingerprint density at radius 1 is 1.04 bits per heavy atom. The molecule has 0 aliphatic heterocycles. The van der Waals surface area contributed by atoms with Crippen molar-refractivity contribution in [1.82, 2.24) is 4.72 Å². The number of aryl methyl sites for hydroxylation is 1. The van der Waals surface area contributed by atoms with Crippen molar-refractivity contribution in [3.8, 4) is 5.75 Å². The van der Waals surface area contributed by atoms with Gasteiger partial charge in [0.1, 0.15) is 11.8 Å². The average Bonchev–Trinajstić information content (AvgIpc) is 2.63. The molecule has 6 nitrogen and oxygen atoms in total. The molecule has 2 aromatic carbocycles. The number of carbonyl (C=O) groups excluding carboxylic acids is 1. The number of rotatable bonds is 9. The fourth-order valence-electron chi connectivity index (χ4n) is 2.68. The number of benzene rings is 2. The lowest BCUT2D eigenvalue weighted by Gasteiger charge is -2.20. The van der Waals surface area contributed by atoms with Crippen molar-refractivity contribution in [2.45, 2.75) is 45.1 Å². The van der Waals surface area contributed by atoms with Gasteiger partial charge in [-0.1, -0.05) is 31.5 Å². The number of amides is 1. The zero-order chi connectivity index (χ0) is 20.7. The summed E-state index contributed by atoms with van der Waals surface area (Å²) in [5, 5.41) is 2.78. The molecule has 0 bridgehead atoms. The molecule has 28 heavy (non-hydrogen) atoms. The lowest BCUT2D eigenvalue weighted by atomic mass is 10.0. The molecule has 0 saturated heterocycles. The standard InChI is InChI=1S/C21H28N2O4S/c1-5-27-18-10-8-17(9-11-18)22-21(24)20(14-15(2)3)23-28(25,26)19-12-6-16(4)7-13-19/h6-13,15,20,23H,5,14H2,1-4H3,(H,22,24). The van der Waals surface area contributed by atoms with Gasteiger partial charge in [0, 0.05) is 5.69 Å². The second-order valence-corrected chi connectivity index (χ2v) is 8.78. The summed E-state index contributed by atoms with van der Waals surface area (Å²) in [5.74, 6) is 0.449. The van der Waals surface area contributed by atoms with Gasteiger partial charge in [-0.05, 0) is 62.6 Å². The maximum atomic E-state index is 12.8. The van der Waals surface area contributed by atoms with Crippen molar-refractivity contribution in [3.63, 3.8) is 0 Å². The van der Waals surface area contributed by atoms with Crippen LogP contribution in [0, 0.1) is 12.8 Å². The Bertz CT molecular complexity index is 876. The van der Waals surface area contributed by atoms with E-state index in [9.17, 15) is 13.2 Å². The third kappa shape index (κ3) is 6.35. The summed E-state index contributed by atoms with van der Waals surface area (Å²) in [5.41, 5.74) is 1.54. The molecule has 0 heterocycles. The number of hydrogen-bond acceptors (Lipinski definition) is 4. The van der Waals surface area contributed by atoms with Gasteiger partial charge in [0.25, 0.3) is 0 Å². The summed E-state index contributed by atoms with van der Waals surface area (Å²) in [6.45, 7) is 8.22. The number of hydrogen-bond donors (Lipinski definition) is 2. The van der Waals surface area contributed by atoms with Crippen LogP contribution in [0.3, 0.4) is 0 Å². The van der Waals surface area contributed by atoms with Crippen LogP contribution in [0.25, 0.3) is 0 Å². The van der Waals surface area contributed by atoms with E-state index in [1.54, 1.807) is 36.4 Å². The van der Waals surface area contributed by atoms with E-state index in [-0.39, 0.29) is 10.8 Å². The van der Waals surface area contributed by atoms with E-state index >= 15 is 0 Å². The summed E-state index contributed by atoms with van der Waals surface area (Å²) < 4.78 is 33.3. The van der Waals surface area contributed by atoms with Gasteiger partial charge < -0.3 is 10.1 Å². The zero-order valence-corrected chi connectivity index (χ0v) is 17.5. The molecule has 0 aliphatic carbocycles. The minimum Gasteiger partial charge on any atom is -0.494 e. The van der Waals surface area contributed by atoms with Crippen molar-refractivity contribution in [2.24, 2.45) is 5.92 Å². The number of ether oxygens (including phenoxy) is 1. The molecule has 7 heteroatoms. The maximum Gasteiger partial charge on any atom is 0.242 e. The molecule has 2 aromatic rings. The summed E-state index contributed by atoms with van der Waals surface area (Å²) in [6, 6.07) is 12.6. The SMILES string of the molecule is CCOc1ccc(NC(=O)C(CC(C)C)NS(=O)(=O)c2ccc(C)cc2)cc1. The monoisotopic (exact) mass is 404 g/mol. The second kappa shape index (κ2) is 9.71. The van der Waals surface area contributed by atoms with Crippen LogP contribution in [0.2, 0.25) is 0 Å². The van der Waals surface area contributed by atoms with E-state index in [1.807, 2.05) is 27.7 Å². The van der Waals surface area contributed by atoms with Crippen LogP contribution in [-0.4, -0.2) is 27.0 Å². The summed E-state index contributed by atoms with van der Waals surface area (Å²) in [4.78, 5) is 12.9. The number of anilines is 1. The fourth-order valence-corrected chi connectivity index (χ4v) is 3.89. The predicted molar refractivity (Wildman–Crippen MR) is 111 cm³/mol. The van der Waals surface area contributed by atoms with E-state index in [2.05, 4.69) is 10.0 Å². The maximum absolute atomic E-state index is 12.8. The van der Waals surface area contributed by atoms with E-state index in [0.29, 0.717) is 24.5 Å². The molecule has 152 valence electrons. The lowest BCUT2D eigenvalue weighted by molar-refractivity contribution is -0.118. The summed E-state index contributed by atoms with van der Waals surface area (Å²) in [7, 11) is -3.80. The molecule has 1 atom stereocenters. The topological polar surface area (TPSA) is 84.5 Å². The lowest BCUT2D eigenvalue weighted by Crippen LogP contribution is -2.44. The highest BCUT2D eigenvalue weighted by atomic mass is 32.2. The first-order valence-electron chi connectivity index (χ1n) is 9.34. The van der Waals surface area contributed by atoms with Crippen LogP contribution >= 0.6 is 0 Å². The largest absolute Gasteiger partial charge is 0.494 e. The van der Waals surface area contributed by atoms with Gasteiger partial charge in [-0.2, -0.15) is 4.72 Å². The van der Waals surface area contributed by atoms with Crippen LogP contribution in [0.1, 0.15) is 32.8 Å². The highest BCUT2D eigenvalue weighted by molar-refractivity contribution is 7.89. The normalized spacial score (nSPS) is 12.6. The Kier molecular flexibility index (Phi) is 7.60. The highest BCUT2D eigenvalue weighted by Gasteiger charge is 2.26. The van der Waals surface area contributed by atoms with Gasteiger partial charge >= 0.3 is 0 Å². The molecule has 0 aromatic heterocycles. The van der Waals surface area contributed by atoms with Crippen molar-refractivity contribution < 1.29 is 17.9 Å². The molecule has 0 spiro atoms. The molecule has 1 unspecified atom stereocenters. The van der Waals surface area contributed by atoms with E-state index < -0.39 is 22.0 Å². The molecule has 0 radical (unpaired) electrons. The molecule has 0 fully saturated rings. The smallest absolute Gasteiger partial charge is 0.242 e. The Morgan fingerprint density at radius 2 is 1.64 bits per heavy atom. The first kappa shape index (κ1) is 21.9. The first-order chi connectivity index (χ1) is 13.2. The fraction of sp³-hybridized carbons (Fsp3) is 0.381. The van der Waals surface area contributed by atoms with Crippen molar-refractivity contribution >= 4 is 21.6 Å². The summed E-state index contributed by atoms with van der Waals surface area (Å²) in [6.07, 6.45) is 0.383. The Hall–Kier alpha value is -2.38. The Labute approximate surface area is 167 Å². The van der Waals surface area contributed by atoms with Gasteiger partial charge in [0.15, 0.2) is 0 Å². The Balaban J connectivity index is 2.15. The van der Waals surface area contributed by atoms with Crippen molar-refractivity contribution in [1.29, 1.82) is 0 Å². The summed E-state index contributed by atoms with van der Waals surface area (Å²) >= 11 is 0. The average molecular weight is 405 g/mol. The Morgan fingerprint density at radius 3 is 2.18 bits per heavy atom. The van der Waals surface area contributed by atoms with Gasteiger partial charge in [-0.25, -0.2) is 8.42 Å². The van der Waals surface area contributed by atoms with E-state index in [1.165, 1.54) is 12.1 Å². The van der Waals surface area contributed by atoms with Gasteiger partial charge in [0.05, 0.1) is 11.5 Å². The van der Waals surface area contributed by atoms with Gasteiger partial charge in [0.2, 0.25) is 15.9 Å². The molecule has 2 rings (SSSR count). The van der Waals surface area contributed by atoms with E-state index in [4.69, 9.17) is 4.74 Å². The van der Waals surface area contributed by atoms with Crippen LogP contribution in [-0.2, 0) is 14.8 Å². The van der Waals surface area contributed by atoms with Crippen molar-refractivity contribution in [2.75, 3.05) is 11.9 Å². The first-order valence-corrected chi connectivity index (χ1v) is 10.8. The molecule has 2 N–H and O–H groups in total. The molecular weight excluding hydrogens is 376 g/mol. The quantitative estimate of drug-likeness (QED) is 0.667. The third-order valence-electron chi connectivity index (χ3n) is 4.09. The zero-order valence-electron chi connectivity index (χ0n) is 16.7.